The normalized spacial score (nSPS) is 18.1. The molecule has 1 fully saturated rings. The third kappa shape index (κ3) is 7.07. The molecule has 0 unspecified atom stereocenters. The maximum absolute atomic E-state index is 11.2. The lowest BCUT2D eigenvalue weighted by Gasteiger charge is -2.20. The first-order chi connectivity index (χ1) is 7.33. The molecule has 0 bridgehead atoms. The Morgan fingerprint density at radius 3 is 2.31 bits per heavy atom. The Balaban J connectivity index is 0.00000225. The molecular weight excluding hydrogens is 226 g/mol. The number of nitrogens with one attached hydrogen (secondary N) is 1. The number of halogens is 1. The molecule has 0 radical (unpaired) electrons. The van der Waals surface area contributed by atoms with Crippen molar-refractivity contribution in [3.8, 4) is 0 Å². The van der Waals surface area contributed by atoms with Gasteiger partial charge < -0.3 is 10.1 Å². The first-order valence-corrected chi connectivity index (χ1v) is 6.22. The van der Waals surface area contributed by atoms with E-state index >= 15 is 0 Å². The summed E-state index contributed by atoms with van der Waals surface area (Å²) in [7, 11) is 0. The van der Waals surface area contributed by atoms with Gasteiger partial charge in [0.05, 0.1) is 13.2 Å². The fourth-order valence-electron chi connectivity index (χ4n) is 2.10. The van der Waals surface area contributed by atoms with Crippen LogP contribution in [-0.2, 0) is 9.53 Å². The lowest BCUT2D eigenvalue weighted by Crippen LogP contribution is -2.34. The van der Waals surface area contributed by atoms with E-state index in [1.807, 2.05) is 6.92 Å². The predicted octanol–water partition coefficient (Wildman–Crippen LogP) is 2.67. The number of carbonyl (C=O) groups is 1. The number of hydrogen-bond acceptors (Lipinski definition) is 3. The minimum absolute atomic E-state index is 0. The molecule has 1 aliphatic carbocycles. The molecule has 1 aliphatic rings. The summed E-state index contributed by atoms with van der Waals surface area (Å²) in [6.07, 6.45) is 9.07. The summed E-state index contributed by atoms with van der Waals surface area (Å²) in [4.78, 5) is 11.2. The number of rotatable bonds is 4. The molecule has 0 aliphatic heterocycles. The quantitative estimate of drug-likeness (QED) is 0.779. The molecule has 1 rings (SSSR count). The highest BCUT2D eigenvalue weighted by atomic mass is 35.5. The molecule has 0 aromatic carbocycles. The molecule has 0 spiro atoms. The topological polar surface area (TPSA) is 38.3 Å². The van der Waals surface area contributed by atoms with Gasteiger partial charge in [0.1, 0.15) is 0 Å². The molecule has 1 saturated carbocycles. The van der Waals surface area contributed by atoms with Crippen LogP contribution in [0.15, 0.2) is 0 Å². The van der Waals surface area contributed by atoms with Gasteiger partial charge in [-0.2, -0.15) is 0 Å². The van der Waals surface area contributed by atoms with E-state index in [9.17, 15) is 4.79 Å². The number of carbonyl (C=O) groups excluding carboxylic acids is 1. The zero-order valence-electron chi connectivity index (χ0n) is 10.2. The Kier molecular flexibility index (Phi) is 9.74. The van der Waals surface area contributed by atoms with Gasteiger partial charge in [-0.3, -0.25) is 4.79 Å². The molecule has 0 aromatic rings. The summed E-state index contributed by atoms with van der Waals surface area (Å²) in [5.74, 6) is -0.125. The van der Waals surface area contributed by atoms with Crippen molar-refractivity contribution in [1.29, 1.82) is 0 Å². The monoisotopic (exact) mass is 249 g/mol. The highest BCUT2D eigenvalue weighted by molar-refractivity contribution is 5.85. The first kappa shape index (κ1) is 15.7. The van der Waals surface area contributed by atoms with Crippen molar-refractivity contribution in [2.45, 2.75) is 57.9 Å². The van der Waals surface area contributed by atoms with Crippen LogP contribution in [0.25, 0.3) is 0 Å². The van der Waals surface area contributed by atoms with Crippen LogP contribution in [0.1, 0.15) is 51.9 Å². The van der Waals surface area contributed by atoms with Gasteiger partial charge in [-0.25, -0.2) is 0 Å². The SMILES string of the molecule is CCOC(=O)CNC1CCCCCCC1.Cl. The summed E-state index contributed by atoms with van der Waals surface area (Å²) in [6, 6.07) is 0.523. The summed E-state index contributed by atoms with van der Waals surface area (Å²) < 4.78 is 4.89. The van der Waals surface area contributed by atoms with Crippen LogP contribution in [-0.4, -0.2) is 25.2 Å². The zero-order valence-corrected chi connectivity index (χ0v) is 11.0. The van der Waals surface area contributed by atoms with Gasteiger partial charge in [-0.05, 0) is 19.8 Å². The number of ether oxygens (including phenoxy) is 1. The van der Waals surface area contributed by atoms with E-state index < -0.39 is 0 Å². The van der Waals surface area contributed by atoms with E-state index in [4.69, 9.17) is 4.74 Å². The molecule has 0 aromatic heterocycles. The van der Waals surface area contributed by atoms with Crippen LogP contribution in [0.3, 0.4) is 0 Å². The van der Waals surface area contributed by atoms with Crippen molar-refractivity contribution >= 4 is 18.4 Å². The third-order valence-corrected chi connectivity index (χ3v) is 2.95. The second-order valence-corrected chi connectivity index (χ2v) is 4.23. The van der Waals surface area contributed by atoms with Crippen LogP contribution in [0.2, 0.25) is 0 Å². The van der Waals surface area contributed by atoms with Crippen LogP contribution < -0.4 is 5.32 Å². The van der Waals surface area contributed by atoms with E-state index in [1.165, 1.54) is 44.9 Å². The summed E-state index contributed by atoms with van der Waals surface area (Å²) in [5.41, 5.74) is 0. The van der Waals surface area contributed by atoms with E-state index in [1.54, 1.807) is 0 Å². The molecule has 0 heterocycles. The average Bonchev–Trinajstić information content (AvgIpc) is 2.16. The standard InChI is InChI=1S/C12H23NO2.ClH/c1-2-15-12(14)10-13-11-8-6-4-3-5-7-9-11;/h11,13H,2-10H2,1H3;1H. The molecule has 1 N–H and O–H groups in total. The van der Waals surface area contributed by atoms with Gasteiger partial charge in [-0.1, -0.05) is 32.1 Å². The minimum Gasteiger partial charge on any atom is -0.465 e. The largest absolute Gasteiger partial charge is 0.465 e. The third-order valence-electron chi connectivity index (χ3n) is 2.95. The number of hydrogen-bond donors (Lipinski definition) is 1. The second-order valence-electron chi connectivity index (χ2n) is 4.23. The van der Waals surface area contributed by atoms with E-state index in [0.29, 0.717) is 19.2 Å². The van der Waals surface area contributed by atoms with Crippen LogP contribution in [0.5, 0.6) is 0 Å². The molecule has 0 atom stereocenters. The summed E-state index contributed by atoms with van der Waals surface area (Å²) >= 11 is 0. The van der Waals surface area contributed by atoms with E-state index in [2.05, 4.69) is 5.32 Å². The Morgan fingerprint density at radius 1 is 1.19 bits per heavy atom. The van der Waals surface area contributed by atoms with Gasteiger partial charge in [0.2, 0.25) is 0 Å². The Hall–Kier alpha value is -0.280. The van der Waals surface area contributed by atoms with Crippen molar-refractivity contribution in [3.63, 3.8) is 0 Å². The smallest absolute Gasteiger partial charge is 0.319 e. The molecule has 16 heavy (non-hydrogen) atoms. The maximum Gasteiger partial charge on any atom is 0.319 e. The fraction of sp³-hybridized carbons (Fsp3) is 0.917. The minimum atomic E-state index is -0.125. The second kappa shape index (κ2) is 9.91. The molecule has 96 valence electrons. The highest BCUT2D eigenvalue weighted by Crippen LogP contribution is 2.16. The van der Waals surface area contributed by atoms with Crippen molar-refractivity contribution in [1.82, 2.24) is 5.32 Å². The number of esters is 1. The lowest BCUT2D eigenvalue weighted by molar-refractivity contribution is -0.142. The molecule has 0 amide bonds. The van der Waals surface area contributed by atoms with E-state index in [-0.39, 0.29) is 18.4 Å². The van der Waals surface area contributed by atoms with Crippen molar-refractivity contribution in [2.75, 3.05) is 13.2 Å². The summed E-state index contributed by atoms with van der Waals surface area (Å²) in [6.45, 7) is 2.69. The molecule has 4 heteroatoms. The summed E-state index contributed by atoms with van der Waals surface area (Å²) in [5, 5.41) is 3.30. The van der Waals surface area contributed by atoms with Crippen molar-refractivity contribution in [2.24, 2.45) is 0 Å². The Labute approximate surface area is 105 Å². The highest BCUT2D eigenvalue weighted by Gasteiger charge is 2.12. The van der Waals surface area contributed by atoms with E-state index in [0.717, 1.165) is 0 Å². The van der Waals surface area contributed by atoms with Crippen molar-refractivity contribution < 1.29 is 9.53 Å². The fourth-order valence-corrected chi connectivity index (χ4v) is 2.10. The van der Waals surface area contributed by atoms with Gasteiger partial charge in [-0.15, -0.1) is 12.4 Å². The Bertz CT molecular complexity index is 180. The van der Waals surface area contributed by atoms with Crippen molar-refractivity contribution in [3.05, 3.63) is 0 Å². The maximum atomic E-state index is 11.2. The zero-order chi connectivity index (χ0) is 10.9. The van der Waals surface area contributed by atoms with Gasteiger partial charge in [0, 0.05) is 6.04 Å². The Morgan fingerprint density at radius 2 is 1.75 bits per heavy atom. The molecule has 0 saturated heterocycles. The molecular formula is C12H24ClNO2. The van der Waals surface area contributed by atoms with Gasteiger partial charge in [0.15, 0.2) is 0 Å². The van der Waals surface area contributed by atoms with Crippen LogP contribution >= 0.6 is 12.4 Å². The predicted molar refractivity (Wildman–Crippen MR) is 68.0 cm³/mol. The average molecular weight is 250 g/mol. The van der Waals surface area contributed by atoms with Crippen LogP contribution in [0, 0.1) is 0 Å². The first-order valence-electron chi connectivity index (χ1n) is 6.22. The van der Waals surface area contributed by atoms with Gasteiger partial charge >= 0.3 is 5.97 Å². The van der Waals surface area contributed by atoms with Gasteiger partial charge in [0.25, 0.3) is 0 Å². The lowest BCUT2D eigenvalue weighted by atomic mass is 9.97. The molecule has 3 nitrogen and oxygen atoms in total. The van der Waals surface area contributed by atoms with Crippen LogP contribution in [0.4, 0.5) is 0 Å².